The Morgan fingerprint density at radius 1 is 0.968 bits per heavy atom. The van der Waals surface area contributed by atoms with E-state index in [9.17, 15) is 9.59 Å². The van der Waals surface area contributed by atoms with E-state index in [1.807, 2.05) is 12.1 Å². The maximum absolute atomic E-state index is 12.3. The highest BCUT2D eigenvalue weighted by Gasteiger charge is 2.08. The molecule has 0 aliphatic heterocycles. The van der Waals surface area contributed by atoms with Crippen molar-refractivity contribution < 1.29 is 4.79 Å². The molecule has 2 aromatic heterocycles. The molecule has 10 nitrogen and oxygen atoms in total. The van der Waals surface area contributed by atoms with Crippen LogP contribution in [0.2, 0.25) is 0 Å². The number of fused-ring (bicyclic) bond motifs is 1. The predicted molar refractivity (Wildman–Crippen MR) is 118 cm³/mol. The molecular weight excluding hydrogens is 396 g/mol. The van der Waals surface area contributed by atoms with Crippen LogP contribution in [0.1, 0.15) is 21.6 Å². The third kappa shape index (κ3) is 4.75. The average Bonchev–Trinajstić information content (AvgIpc) is 2.77. The van der Waals surface area contributed by atoms with Gasteiger partial charge in [0.15, 0.2) is 11.2 Å². The smallest absolute Gasteiger partial charge is 0.280 e. The SMILES string of the molecule is Nc1ccc(CNC(=O)c2ccc(NCc3cnc4nc(N)[nH]c(=O)c4n3)cc2)cc1. The fourth-order valence-electron chi connectivity index (χ4n) is 2.91. The summed E-state index contributed by atoms with van der Waals surface area (Å²) in [5, 5.41) is 6.05. The number of aromatic nitrogens is 4. The van der Waals surface area contributed by atoms with Crippen LogP contribution in [0.15, 0.2) is 59.5 Å². The first-order valence-electron chi connectivity index (χ1n) is 9.46. The molecule has 156 valence electrons. The van der Waals surface area contributed by atoms with Crippen LogP contribution in [0.4, 0.5) is 17.3 Å². The summed E-state index contributed by atoms with van der Waals surface area (Å²) >= 11 is 0. The van der Waals surface area contributed by atoms with Crippen LogP contribution < -0.4 is 27.7 Å². The quantitative estimate of drug-likeness (QED) is 0.294. The number of nitrogen functional groups attached to an aromatic ring is 2. The van der Waals surface area contributed by atoms with E-state index >= 15 is 0 Å². The van der Waals surface area contributed by atoms with Crippen molar-refractivity contribution in [3.63, 3.8) is 0 Å². The molecule has 0 aliphatic carbocycles. The number of nitrogens with one attached hydrogen (secondary N) is 3. The molecule has 2 heterocycles. The maximum atomic E-state index is 12.3. The summed E-state index contributed by atoms with van der Waals surface area (Å²) in [6.07, 6.45) is 1.53. The van der Waals surface area contributed by atoms with Gasteiger partial charge in [0.05, 0.1) is 18.4 Å². The molecule has 0 unspecified atom stereocenters. The van der Waals surface area contributed by atoms with Crippen molar-refractivity contribution in [2.24, 2.45) is 0 Å². The minimum absolute atomic E-state index is 0.00438. The number of carbonyl (C=O) groups excluding carboxylic acids is 1. The molecule has 0 spiro atoms. The van der Waals surface area contributed by atoms with Crippen molar-refractivity contribution >= 4 is 34.4 Å². The molecule has 31 heavy (non-hydrogen) atoms. The van der Waals surface area contributed by atoms with Crippen LogP contribution in [-0.2, 0) is 13.1 Å². The molecule has 4 rings (SSSR count). The Hall–Kier alpha value is -4.47. The first-order valence-corrected chi connectivity index (χ1v) is 9.46. The molecule has 4 aromatic rings. The summed E-state index contributed by atoms with van der Waals surface area (Å²) < 4.78 is 0. The molecule has 0 radical (unpaired) electrons. The van der Waals surface area contributed by atoms with Gasteiger partial charge in [-0.25, -0.2) is 9.97 Å². The second-order valence-corrected chi connectivity index (χ2v) is 6.84. The fourth-order valence-corrected chi connectivity index (χ4v) is 2.91. The second kappa shape index (κ2) is 8.49. The molecule has 0 saturated carbocycles. The summed E-state index contributed by atoms with van der Waals surface area (Å²) in [4.78, 5) is 39.0. The Morgan fingerprint density at radius 2 is 1.71 bits per heavy atom. The first kappa shape index (κ1) is 19.8. The topological polar surface area (TPSA) is 165 Å². The Bertz CT molecular complexity index is 1280. The molecule has 10 heteroatoms. The molecule has 0 atom stereocenters. The third-order valence-electron chi connectivity index (χ3n) is 4.54. The van der Waals surface area contributed by atoms with E-state index in [1.54, 1.807) is 36.4 Å². The number of nitrogens with two attached hydrogens (primary N) is 2. The van der Waals surface area contributed by atoms with Gasteiger partial charge in [0.25, 0.3) is 11.5 Å². The van der Waals surface area contributed by atoms with Crippen molar-refractivity contribution in [1.82, 2.24) is 25.3 Å². The minimum atomic E-state index is -0.439. The lowest BCUT2D eigenvalue weighted by Crippen LogP contribution is -2.22. The number of aromatic amines is 1. The number of nitrogens with zero attached hydrogens (tertiary/aromatic N) is 3. The van der Waals surface area contributed by atoms with Gasteiger partial charge in [-0.05, 0) is 42.0 Å². The summed E-state index contributed by atoms with van der Waals surface area (Å²) in [7, 11) is 0. The largest absolute Gasteiger partial charge is 0.399 e. The molecule has 0 fully saturated rings. The lowest BCUT2D eigenvalue weighted by molar-refractivity contribution is 0.0951. The molecule has 0 bridgehead atoms. The van der Waals surface area contributed by atoms with Crippen LogP contribution in [0, 0.1) is 0 Å². The van der Waals surface area contributed by atoms with Gasteiger partial charge in [0.1, 0.15) is 0 Å². The molecule has 1 amide bonds. The molecular formula is C21H20N8O2. The fraction of sp³-hybridized carbons (Fsp3) is 0.0952. The second-order valence-electron chi connectivity index (χ2n) is 6.84. The van der Waals surface area contributed by atoms with Crippen LogP contribution in [0.3, 0.4) is 0 Å². The lowest BCUT2D eigenvalue weighted by Gasteiger charge is -2.09. The van der Waals surface area contributed by atoms with Crippen molar-refractivity contribution in [1.29, 1.82) is 0 Å². The Labute approximate surface area is 176 Å². The normalized spacial score (nSPS) is 10.7. The predicted octanol–water partition coefficient (Wildman–Crippen LogP) is 1.42. The number of H-pyrrole nitrogens is 1. The van der Waals surface area contributed by atoms with Gasteiger partial charge in [-0.2, -0.15) is 4.98 Å². The van der Waals surface area contributed by atoms with Gasteiger partial charge in [0, 0.05) is 23.5 Å². The Morgan fingerprint density at radius 3 is 2.45 bits per heavy atom. The van der Waals surface area contributed by atoms with E-state index < -0.39 is 5.56 Å². The zero-order chi connectivity index (χ0) is 21.8. The van der Waals surface area contributed by atoms with Crippen LogP contribution in [0.5, 0.6) is 0 Å². The van der Waals surface area contributed by atoms with E-state index in [2.05, 4.69) is 30.6 Å². The number of anilines is 3. The summed E-state index contributed by atoms with van der Waals surface area (Å²) in [6.45, 7) is 0.759. The van der Waals surface area contributed by atoms with Crippen molar-refractivity contribution in [2.45, 2.75) is 13.1 Å². The van der Waals surface area contributed by atoms with Gasteiger partial charge in [-0.3, -0.25) is 14.6 Å². The van der Waals surface area contributed by atoms with Crippen LogP contribution in [-0.4, -0.2) is 25.8 Å². The molecule has 0 aliphatic rings. The van der Waals surface area contributed by atoms with Gasteiger partial charge in [0.2, 0.25) is 5.95 Å². The Balaban J connectivity index is 1.36. The standard InChI is InChI=1S/C21H20N8O2/c22-14-5-1-12(2-6-14)9-26-19(30)13-3-7-15(8-4-13)24-10-16-11-25-18-17(27-16)20(31)29-21(23)28-18/h1-8,11,24H,9-10,22H2,(H,26,30)(H3,23,25,28,29,31). The zero-order valence-electron chi connectivity index (χ0n) is 16.4. The van der Waals surface area contributed by atoms with Crippen molar-refractivity contribution in [3.05, 3.63) is 81.9 Å². The minimum Gasteiger partial charge on any atom is -0.399 e. The number of rotatable bonds is 6. The van der Waals surface area contributed by atoms with E-state index in [1.165, 1.54) is 6.20 Å². The summed E-state index contributed by atoms with van der Waals surface area (Å²) in [6, 6.07) is 14.4. The molecule has 7 N–H and O–H groups in total. The van der Waals surface area contributed by atoms with E-state index in [0.29, 0.717) is 30.0 Å². The van der Waals surface area contributed by atoms with Crippen molar-refractivity contribution in [3.8, 4) is 0 Å². The number of hydrogen-bond acceptors (Lipinski definition) is 8. The highest BCUT2D eigenvalue weighted by atomic mass is 16.1. The van der Waals surface area contributed by atoms with E-state index in [4.69, 9.17) is 11.5 Å². The first-order chi connectivity index (χ1) is 15.0. The molecule has 0 saturated heterocycles. The number of amides is 1. The monoisotopic (exact) mass is 416 g/mol. The third-order valence-corrected chi connectivity index (χ3v) is 4.54. The van der Waals surface area contributed by atoms with Crippen LogP contribution >= 0.6 is 0 Å². The Kier molecular flexibility index (Phi) is 5.43. The van der Waals surface area contributed by atoms with Gasteiger partial charge in [-0.1, -0.05) is 12.1 Å². The average molecular weight is 416 g/mol. The van der Waals surface area contributed by atoms with E-state index in [0.717, 1.165) is 11.3 Å². The number of hydrogen-bond donors (Lipinski definition) is 5. The van der Waals surface area contributed by atoms with E-state index in [-0.39, 0.29) is 23.0 Å². The zero-order valence-corrected chi connectivity index (χ0v) is 16.4. The van der Waals surface area contributed by atoms with Crippen molar-refractivity contribution in [2.75, 3.05) is 16.8 Å². The number of carbonyl (C=O) groups is 1. The summed E-state index contributed by atoms with van der Waals surface area (Å²) in [5.74, 6) is -0.176. The van der Waals surface area contributed by atoms with Gasteiger partial charge < -0.3 is 22.1 Å². The lowest BCUT2D eigenvalue weighted by atomic mass is 10.1. The molecule has 2 aromatic carbocycles. The number of benzene rings is 2. The van der Waals surface area contributed by atoms with Crippen LogP contribution in [0.25, 0.3) is 11.2 Å². The maximum Gasteiger partial charge on any atom is 0.280 e. The van der Waals surface area contributed by atoms with Gasteiger partial charge >= 0.3 is 0 Å². The van der Waals surface area contributed by atoms with Gasteiger partial charge in [-0.15, -0.1) is 0 Å². The highest BCUT2D eigenvalue weighted by molar-refractivity contribution is 5.94. The highest BCUT2D eigenvalue weighted by Crippen LogP contribution is 2.12. The summed E-state index contributed by atoms with van der Waals surface area (Å²) in [5.41, 5.74) is 14.6.